The van der Waals surface area contributed by atoms with Gasteiger partial charge in [-0.25, -0.2) is 0 Å². The summed E-state index contributed by atoms with van der Waals surface area (Å²) in [5, 5.41) is 6.37. The van der Waals surface area contributed by atoms with E-state index in [9.17, 15) is 13.6 Å². The molecule has 2 unspecified atom stereocenters. The number of hydrogen-bond acceptors (Lipinski definition) is 3. The van der Waals surface area contributed by atoms with E-state index in [4.69, 9.17) is 0 Å². The Morgan fingerprint density at radius 3 is 2.57 bits per heavy atom. The molecule has 2 aliphatic rings. The van der Waals surface area contributed by atoms with Crippen LogP contribution in [-0.2, 0) is 4.79 Å². The molecule has 2 fully saturated rings. The summed E-state index contributed by atoms with van der Waals surface area (Å²) < 4.78 is 28.6. The van der Waals surface area contributed by atoms with Crippen LogP contribution in [-0.4, -0.2) is 25.6 Å². The van der Waals surface area contributed by atoms with Crippen molar-refractivity contribution in [1.29, 1.82) is 0 Å². The van der Waals surface area contributed by atoms with Crippen molar-refractivity contribution in [3.05, 3.63) is 29.8 Å². The number of hydrogen-bond donors (Lipinski definition) is 2. The molecule has 4 nitrogen and oxygen atoms in total. The lowest BCUT2D eigenvalue weighted by molar-refractivity contribution is -0.123. The third-order valence-electron chi connectivity index (χ3n) is 5.07. The molecule has 3 rings (SSSR count). The summed E-state index contributed by atoms with van der Waals surface area (Å²) in [6.45, 7) is 1.06. The monoisotopic (exact) mass is 324 g/mol. The number of halogens is 2. The van der Waals surface area contributed by atoms with Gasteiger partial charge in [0, 0.05) is 5.92 Å². The Hall–Kier alpha value is -1.69. The van der Waals surface area contributed by atoms with Gasteiger partial charge in [-0.05, 0) is 62.4 Å². The molecule has 1 aliphatic carbocycles. The van der Waals surface area contributed by atoms with E-state index < -0.39 is 6.61 Å². The van der Waals surface area contributed by atoms with Crippen LogP contribution in [0.1, 0.15) is 37.8 Å². The minimum Gasteiger partial charge on any atom is -0.435 e. The fourth-order valence-electron chi connectivity index (χ4n) is 3.53. The summed E-state index contributed by atoms with van der Waals surface area (Å²) >= 11 is 0. The SMILES string of the molecule is CC(NC(=O)C1CC12CCNCC2)c1ccc(OC(F)F)cc1. The fraction of sp³-hybridized carbons (Fsp3) is 0.588. The second-order valence-electron chi connectivity index (χ2n) is 6.55. The molecule has 0 radical (unpaired) electrons. The molecule has 6 heteroatoms. The Balaban J connectivity index is 1.54. The molecule has 23 heavy (non-hydrogen) atoms. The Labute approximate surface area is 134 Å². The van der Waals surface area contributed by atoms with E-state index in [2.05, 4.69) is 15.4 Å². The minimum atomic E-state index is -2.82. The maximum atomic E-state index is 12.4. The molecule has 1 heterocycles. The minimum absolute atomic E-state index is 0.104. The Kier molecular flexibility index (Phi) is 4.53. The van der Waals surface area contributed by atoms with Crippen LogP contribution in [0.4, 0.5) is 8.78 Å². The molecule has 1 aromatic rings. The number of alkyl halides is 2. The average molecular weight is 324 g/mol. The van der Waals surface area contributed by atoms with E-state index in [0.29, 0.717) is 0 Å². The molecule has 0 bridgehead atoms. The summed E-state index contributed by atoms with van der Waals surface area (Å²) in [7, 11) is 0. The van der Waals surface area contributed by atoms with Gasteiger partial charge in [-0.3, -0.25) is 4.79 Å². The fourth-order valence-corrected chi connectivity index (χ4v) is 3.53. The van der Waals surface area contributed by atoms with Gasteiger partial charge in [-0.2, -0.15) is 8.78 Å². The van der Waals surface area contributed by atoms with Crippen molar-refractivity contribution >= 4 is 5.91 Å². The molecule has 2 N–H and O–H groups in total. The van der Waals surface area contributed by atoms with Crippen molar-refractivity contribution < 1.29 is 18.3 Å². The van der Waals surface area contributed by atoms with Crippen LogP contribution in [0.25, 0.3) is 0 Å². The third kappa shape index (κ3) is 3.63. The summed E-state index contributed by atoms with van der Waals surface area (Å²) in [5.41, 5.74) is 1.09. The van der Waals surface area contributed by atoms with Crippen molar-refractivity contribution in [3.8, 4) is 5.75 Å². The zero-order valence-corrected chi connectivity index (χ0v) is 13.1. The topological polar surface area (TPSA) is 50.4 Å². The van der Waals surface area contributed by atoms with Crippen LogP contribution in [0.15, 0.2) is 24.3 Å². The highest BCUT2D eigenvalue weighted by atomic mass is 19.3. The Bertz CT molecular complexity index is 556. The summed E-state index contributed by atoms with van der Waals surface area (Å²) in [6, 6.07) is 6.25. The van der Waals surface area contributed by atoms with E-state index in [1.54, 1.807) is 12.1 Å². The Morgan fingerprint density at radius 1 is 1.30 bits per heavy atom. The second kappa shape index (κ2) is 6.43. The number of rotatable bonds is 5. The van der Waals surface area contributed by atoms with Gasteiger partial charge >= 0.3 is 6.61 Å². The summed E-state index contributed by atoms with van der Waals surface area (Å²) in [6.07, 6.45) is 3.12. The van der Waals surface area contributed by atoms with E-state index >= 15 is 0 Å². The first kappa shape index (κ1) is 16.2. The predicted molar refractivity (Wildman–Crippen MR) is 82.3 cm³/mol. The average Bonchev–Trinajstić information content (AvgIpc) is 3.21. The molecule has 1 aliphatic heterocycles. The number of carbonyl (C=O) groups excluding carboxylic acids is 1. The molecule has 126 valence electrons. The van der Waals surface area contributed by atoms with Crippen LogP contribution in [0.3, 0.4) is 0 Å². The normalized spacial score (nSPS) is 23.6. The first-order chi connectivity index (χ1) is 11.0. The van der Waals surface area contributed by atoms with Crippen molar-refractivity contribution in [2.45, 2.75) is 38.8 Å². The first-order valence-electron chi connectivity index (χ1n) is 8.06. The van der Waals surface area contributed by atoms with Gasteiger partial charge in [0.2, 0.25) is 5.91 Å². The maximum absolute atomic E-state index is 12.4. The molecule has 1 aromatic carbocycles. The molecule has 0 aromatic heterocycles. The van der Waals surface area contributed by atoms with Crippen molar-refractivity contribution in [2.75, 3.05) is 13.1 Å². The van der Waals surface area contributed by atoms with Crippen LogP contribution in [0.5, 0.6) is 5.75 Å². The highest BCUT2D eigenvalue weighted by Gasteiger charge is 2.57. The van der Waals surface area contributed by atoms with Gasteiger partial charge in [0.15, 0.2) is 0 Å². The van der Waals surface area contributed by atoms with Gasteiger partial charge in [0.25, 0.3) is 0 Å². The van der Waals surface area contributed by atoms with Crippen molar-refractivity contribution in [2.24, 2.45) is 11.3 Å². The quantitative estimate of drug-likeness (QED) is 0.876. The maximum Gasteiger partial charge on any atom is 0.387 e. The van der Waals surface area contributed by atoms with Crippen molar-refractivity contribution in [3.63, 3.8) is 0 Å². The van der Waals surface area contributed by atoms with Gasteiger partial charge < -0.3 is 15.4 Å². The number of ether oxygens (including phenoxy) is 1. The number of carbonyl (C=O) groups is 1. The molecular formula is C17H22F2N2O2. The molecule has 1 saturated heterocycles. The highest BCUT2D eigenvalue weighted by molar-refractivity contribution is 5.83. The Morgan fingerprint density at radius 2 is 1.96 bits per heavy atom. The zero-order valence-electron chi connectivity index (χ0n) is 13.1. The summed E-state index contributed by atoms with van der Waals surface area (Å²) in [5.74, 6) is 0.346. The number of piperidine rings is 1. The molecule has 1 saturated carbocycles. The standard InChI is InChI=1S/C17H22F2N2O2/c1-11(12-2-4-13(5-3-12)23-16(18)19)21-15(22)14-10-17(14)6-8-20-9-7-17/h2-5,11,14,16,20H,6-10H2,1H3,(H,21,22). The van der Waals surface area contributed by atoms with Gasteiger partial charge in [0.05, 0.1) is 6.04 Å². The first-order valence-corrected chi connectivity index (χ1v) is 8.06. The highest BCUT2D eigenvalue weighted by Crippen LogP contribution is 2.58. The van der Waals surface area contributed by atoms with E-state index in [-0.39, 0.29) is 29.0 Å². The van der Waals surface area contributed by atoms with E-state index in [1.807, 2.05) is 6.92 Å². The summed E-state index contributed by atoms with van der Waals surface area (Å²) in [4.78, 5) is 12.4. The van der Waals surface area contributed by atoms with Crippen LogP contribution >= 0.6 is 0 Å². The lowest BCUT2D eigenvalue weighted by Crippen LogP contribution is -2.34. The van der Waals surface area contributed by atoms with E-state index in [1.165, 1.54) is 12.1 Å². The van der Waals surface area contributed by atoms with Crippen LogP contribution in [0.2, 0.25) is 0 Å². The molecule has 2 atom stereocenters. The van der Waals surface area contributed by atoms with Crippen molar-refractivity contribution in [1.82, 2.24) is 10.6 Å². The number of amides is 1. The van der Waals surface area contributed by atoms with Gasteiger partial charge in [-0.15, -0.1) is 0 Å². The lowest BCUT2D eigenvalue weighted by atomic mass is 9.91. The van der Waals surface area contributed by atoms with Gasteiger partial charge in [-0.1, -0.05) is 12.1 Å². The van der Waals surface area contributed by atoms with Crippen LogP contribution < -0.4 is 15.4 Å². The largest absolute Gasteiger partial charge is 0.435 e. The zero-order chi connectivity index (χ0) is 16.4. The molecule has 1 amide bonds. The molecular weight excluding hydrogens is 302 g/mol. The van der Waals surface area contributed by atoms with Crippen LogP contribution in [0, 0.1) is 11.3 Å². The number of benzene rings is 1. The second-order valence-corrected chi connectivity index (χ2v) is 6.55. The van der Waals surface area contributed by atoms with Gasteiger partial charge in [0.1, 0.15) is 5.75 Å². The predicted octanol–water partition coefficient (Wildman–Crippen LogP) is 2.85. The number of nitrogens with one attached hydrogen (secondary N) is 2. The lowest BCUT2D eigenvalue weighted by Gasteiger charge is -2.24. The third-order valence-corrected chi connectivity index (χ3v) is 5.07. The molecule has 1 spiro atoms. The smallest absolute Gasteiger partial charge is 0.387 e. The van der Waals surface area contributed by atoms with E-state index in [0.717, 1.165) is 37.9 Å².